The van der Waals surface area contributed by atoms with Crippen molar-refractivity contribution < 1.29 is 19.1 Å². The summed E-state index contributed by atoms with van der Waals surface area (Å²) in [7, 11) is 3.24. The number of ether oxygens (including phenoxy) is 2. The van der Waals surface area contributed by atoms with E-state index >= 15 is 0 Å². The Labute approximate surface area is 186 Å². The molecule has 3 rings (SSSR count). The lowest BCUT2D eigenvalue weighted by molar-refractivity contribution is -0.121. The molecule has 0 aliphatic heterocycles. The number of methoxy groups -OCH3 is 1. The molecule has 0 bridgehead atoms. The number of hydrazine groups is 1. The second-order valence-electron chi connectivity index (χ2n) is 6.98. The molecular formula is C24H26N4O4. The summed E-state index contributed by atoms with van der Waals surface area (Å²) in [6.07, 6.45) is 0.114. The standard InChI is InChI=1S/C24H26N4O4/c1-25-23-21(13-10-19(26-23)16-31-2)24(30)28-27-22(29)14-17-8-11-20(12-9-17)32-15-18-6-4-3-5-7-18/h3-13H,14-16H2,1-2H3,(H,25,26)(H,27,29)(H,28,30). The van der Waals surface area contributed by atoms with Crippen molar-refractivity contribution in [3.63, 3.8) is 0 Å². The summed E-state index contributed by atoms with van der Waals surface area (Å²) in [5.41, 5.74) is 7.73. The van der Waals surface area contributed by atoms with Crippen molar-refractivity contribution in [2.24, 2.45) is 0 Å². The zero-order chi connectivity index (χ0) is 22.8. The van der Waals surface area contributed by atoms with Crippen LogP contribution in [0.25, 0.3) is 0 Å². The van der Waals surface area contributed by atoms with E-state index in [-0.39, 0.29) is 12.3 Å². The van der Waals surface area contributed by atoms with Crippen molar-refractivity contribution in [1.82, 2.24) is 15.8 Å². The van der Waals surface area contributed by atoms with E-state index < -0.39 is 5.91 Å². The summed E-state index contributed by atoms with van der Waals surface area (Å²) in [5.74, 6) is 0.308. The lowest BCUT2D eigenvalue weighted by Gasteiger charge is -2.12. The molecule has 0 saturated heterocycles. The third kappa shape index (κ3) is 6.55. The molecule has 2 aromatic carbocycles. The van der Waals surface area contributed by atoms with Gasteiger partial charge in [0.1, 0.15) is 18.2 Å². The van der Waals surface area contributed by atoms with Gasteiger partial charge in [-0.1, -0.05) is 42.5 Å². The normalized spacial score (nSPS) is 10.3. The van der Waals surface area contributed by atoms with E-state index in [0.717, 1.165) is 16.9 Å². The minimum absolute atomic E-state index is 0.114. The largest absolute Gasteiger partial charge is 0.489 e. The summed E-state index contributed by atoms with van der Waals surface area (Å²) in [5, 5.41) is 2.88. The fourth-order valence-electron chi connectivity index (χ4n) is 2.97. The van der Waals surface area contributed by atoms with E-state index in [1.807, 2.05) is 54.6 Å². The average Bonchev–Trinajstić information content (AvgIpc) is 2.83. The van der Waals surface area contributed by atoms with Crippen LogP contribution in [0.2, 0.25) is 0 Å². The lowest BCUT2D eigenvalue weighted by Crippen LogP contribution is -2.42. The van der Waals surface area contributed by atoms with E-state index in [1.54, 1.807) is 26.3 Å². The van der Waals surface area contributed by atoms with Gasteiger partial charge < -0.3 is 14.8 Å². The van der Waals surface area contributed by atoms with E-state index in [9.17, 15) is 9.59 Å². The molecule has 166 valence electrons. The van der Waals surface area contributed by atoms with Gasteiger partial charge in [-0.05, 0) is 35.4 Å². The first-order chi connectivity index (χ1) is 15.6. The molecule has 8 heteroatoms. The van der Waals surface area contributed by atoms with Gasteiger partial charge in [-0.15, -0.1) is 0 Å². The predicted octanol–water partition coefficient (Wildman–Crippen LogP) is 2.85. The van der Waals surface area contributed by atoms with Crippen molar-refractivity contribution in [1.29, 1.82) is 0 Å². The molecule has 0 aliphatic rings. The molecule has 0 aliphatic carbocycles. The fourth-order valence-corrected chi connectivity index (χ4v) is 2.97. The molecule has 0 atom stereocenters. The second-order valence-corrected chi connectivity index (χ2v) is 6.98. The van der Waals surface area contributed by atoms with Crippen LogP contribution in [0.3, 0.4) is 0 Å². The SMILES string of the molecule is CNc1nc(COC)ccc1C(=O)NNC(=O)Cc1ccc(OCc2ccccc2)cc1. The van der Waals surface area contributed by atoms with Crippen molar-refractivity contribution >= 4 is 17.6 Å². The Morgan fingerprint density at radius 2 is 1.62 bits per heavy atom. The molecule has 1 heterocycles. The minimum atomic E-state index is -0.469. The highest BCUT2D eigenvalue weighted by Crippen LogP contribution is 2.15. The number of hydrogen-bond donors (Lipinski definition) is 3. The summed E-state index contributed by atoms with van der Waals surface area (Å²) < 4.78 is 10.8. The van der Waals surface area contributed by atoms with Gasteiger partial charge >= 0.3 is 0 Å². The van der Waals surface area contributed by atoms with Gasteiger partial charge in [0.05, 0.1) is 24.3 Å². The van der Waals surface area contributed by atoms with Gasteiger partial charge in [-0.25, -0.2) is 4.98 Å². The van der Waals surface area contributed by atoms with Crippen molar-refractivity contribution in [2.75, 3.05) is 19.5 Å². The Hall–Kier alpha value is -3.91. The third-order valence-electron chi connectivity index (χ3n) is 4.58. The first-order valence-corrected chi connectivity index (χ1v) is 10.1. The topological polar surface area (TPSA) is 102 Å². The molecule has 3 N–H and O–H groups in total. The number of nitrogens with zero attached hydrogens (tertiary/aromatic N) is 1. The maximum absolute atomic E-state index is 12.4. The smallest absolute Gasteiger partial charge is 0.273 e. The zero-order valence-corrected chi connectivity index (χ0v) is 18.1. The minimum Gasteiger partial charge on any atom is -0.489 e. The first-order valence-electron chi connectivity index (χ1n) is 10.1. The number of rotatable bonds is 9. The van der Waals surface area contributed by atoms with Crippen LogP contribution >= 0.6 is 0 Å². The maximum atomic E-state index is 12.4. The van der Waals surface area contributed by atoms with Crippen LogP contribution < -0.4 is 20.9 Å². The number of aromatic nitrogens is 1. The molecular weight excluding hydrogens is 408 g/mol. The summed E-state index contributed by atoms with van der Waals surface area (Å²) in [6, 6.07) is 20.5. The highest BCUT2D eigenvalue weighted by atomic mass is 16.5. The molecule has 0 saturated carbocycles. The highest BCUT2D eigenvalue weighted by molar-refractivity contribution is 5.99. The van der Waals surface area contributed by atoms with Gasteiger partial charge in [0.2, 0.25) is 5.91 Å². The summed E-state index contributed by atoms with van der Waals surface area (Å²) in [4.78, 5) is 29.0. The second kappa shape index (κ2) is 11.5. The van der Waals surface area contributed by atoms with Crippen LogP contribution in [0.1, 0.15) is 27.2 Å². The predicted molar refractivity (Wildman–Crippen MR) is 121 cm³/mol. The highest BCUT2D eigenvalue weighted by Gasteiger charge is 2.14. The van der Waals surface area contributed by atoms with Crippen LogP contribution in [-0.2, 0) is 29.2 Å². The number of pyridine rings is 1. The number of nitrogens with one attached hydrogen (secondary N) is 3. The van der Waals surface area contributed by atoms with Crippen molar-refractivity contribution in [3.8, 4) is 5.75 Å². The molecule has 8 nitrogen and oxygen atoms in total. The van der Waals surface area contributed by atoms with Crippen LogP contribution in [0.5, 0.6) is 5.75 Å². The maximum Gasteiger partial charge on any atom is 0.273 e. The van der Waals surface area contributed by atoms with E-state index in [0.29, 0.717) is 30.3 Å². The summed E-state index contributed by atoms with van der Waals surface area (Å²) in [6.45, 7) is 0.812. The molecule has 0 radical (unpaired) electrons. The molecule has 2 amide bonds. The Morgan fingerprint density at radius 1 is 0.875 bits per heavy atom. The molecule has 0 spiro atoms. The Balaban J connectivity index is 1.48. The van der Waals surface area contributed by atoms with E-state index in [2.05, 4.69) is 21.2 Å². The van der Waals surface area contributed by atoms with Crippen LogP contribution in [0.15, 0.2) is 66.7 Å². The monoisotopic (exact) mass is 434 g/mol. The number of anilines is 1. The van der Waals surface area contributed by atoms with Crippen molar-refractivity contribution in [2.45, 2.75) is 19.6 Å². The summed E-state index contributed by atoms with van der Waals surface area (Å²) >= 11 is 0. The number of hydrogen-bond acceptors (Lipinski definition) is 6. The van der Waals surface area contributed by atoms with Gasteiger partial charge in [0.25, 0.3) is 5.91 Å². The Kier molecular flexibility index (Phi) is 8.16. The number of carbonyl (C=O) groups is 2. The molecule has 3 aromatic rings. The van der Waals surface area contributed by atoms with Crippen molar-refractivity contribution in [3.05, 3.63) is 89.1 Å². The first kappa shape index (κ1) is 22.8. The van der Waals surface area contributed by atoms with Gasteiger partial charge in [-0.2, -0.15) is 0 Å². The third-order valence-corrected chi connectivity index (χ3v) is 4.58. The molecule has 0 unspecified atom stereocenters. The fraction of sp³-hybridized carbons (Fsp3) is 0.208. The molecule has 1 aromatic heterocycles. The average molecular weight is 434 g/mol. The van der Waals surface area contributed by atoms with Crippen LogP contribution in [0.4, 0.5) is 5.82 Å². The Bertz CT molecular complexity index is 1040. The number of amides is 2. The molecule has 0 fully saturated rings. The van der Waals surface area contributed by atoms with Gasteiger partial charge in [-0.3, -0.25) is 20.4 Å². The van der Waals surface area contributed by atoms with Crippen LogP contribution in [0, 0.1) is 0 Å². The molecule has 32 heavy (non-hydrogen) atoms. The number of carbonyl (C=O) groups excluding carboxylic acids is 2. The number of benzene rings is 2. The Morgan fingerprint density at radius 3 is 2.31 bits per heavy atom. The van der Waals surface area contributed by atoms with Gasteiger partial charge in [0, 0.05) is 14.2 Å². The van der Waals surface area contributed by atoms with E-state index in [4.69, 9.17) is 9.47 Å². The van der Waals surface area contributed by atoms with Crippen LogP contribution in [-0.4, -0.2) is 31.0 Å². The lowest BCUT2D eigenvalue weighted by atomic mass is 10.1. The van der Waals surface area contributed by atoms with E-state index in [1.165, 1.54) is 0 Å². The quantitative estimate of drug-likeness (QED) is 0.448. The van der Waals surface area contributed by atoms with Gasteiger partial charge in [0.15, 0.2) is 0 Å². The zero-order valence-electron chi connectivity index (χ0n) is 18.1.